The SMILES string of the molecule is CN=C(NCc1cc(C(=O)OC)c(C)o1)NC1CCN(c2cc(Cl)ccc2OC)C1. The number of nitrogens with one attached hydrogen (secondary N) is 2. The van der Waals surface area contributed by atoms with Crippen LogP contribution in [-0.4, -0.2) is 52.3 Å². The van der Waals surface area contributed by atoms with E-state index < -0.39 is 5.97 Å². The summed E-state index contributed by atoms with van der Waals surface area (Å²) in [5.41, 5.74) is 1.41. The predicted octanol–water partition coefficient (Wildman–Crippen LogP) is 2.98. The maximum atomic E-state index is 11.7. The van der Waals surface area contributed by atoms with Crippen LogP contribution < -0.4 is 20.3 Å². The molecule has 0 amide bonds. The van der Waals surface area contributed by atoms with Gasteiger partial charge in [-0.05, 0) is 37.6 Å². The number of esters is 1. The van der Waals surface area contributed by atoms with Gasteiger partial charge in [-0.1, -0.05) is 11.6 Å². The van der Waals surface area contributed by atoms with E-state index in [1.807, 2.05) is 18.2 Å². The number of aliphatic imine (C=N–C) groups is 1. The Morgan fingerprint density at radius 2 is 2.17 bits per heavy atom. The highest BCUT2D eigenvalue weighted by atomic mass is 35.5. The Bertz CT molecular complexity index is 928. The summed E-state index contributed by atoms with van der Waals surface area (Å²) >= 11 is 6.17. The monoisotopic (exact) mass is 434 g/mol. The van der Waals surface area contributed by atoms with Crippen LogP contribution >= 0.6 is 11.6 Å². The normalized spacial score (nSPS) is 16.5. The third kappa shape index (κ3) is 4.99. The highest BCUT2D eigenvalue weighted by Gasteiger charge is 2.25. The quantitative estimate of drug-likeness (QED) is 0.410. The largest absolute Gasteiger partial charge is 0.495 e. The fourth-order valence-electron chi connectivity index (χ4n) is 3.51. The minimum atomic E-state index is -0.410. The number of carbonyl (C=O) groups excluding carboxylic acids is 1. The Balaban J connectivity index is 1.57. The standard InChI is InChI=1S/C21H27ClN4O4/c1-13-17(20(27)29-4)10-16(30-13)11-24-21(23-2)25-15-7-8-26(12-15)18-9-14(22)5-6-19(18)28-3/h5-6,9-10,15H,7-8,11-12H2,1-4H3,(H2,23,24,25). The molecule has 1 saturated heterocycles. The second-order valence-corrected chi connectivity index (χ2v) is 7.43. The van der Waals surface area contributed by atoms with Crippen LogP contribution in [0.1, 0.15) is 28.3 Å². The number of hydrogen-bond donors (Lipinski definition) is 2. The summed E-state index contributed by atoms with van der Waals surface area (Å²) in [6, 6.07) is 7.53. The fourth-order valence-corrected chi connectivity index (χ4v) is 3.68. The molecule has 1 unspecified atom stereocenters. The van der Waals surface area contributed by atoms with Gasteiger partial charge < -0.3 is 29.4 Å². The summed E-state index contributed by atoms with van der Waals surface area (Å²) in [6.45, 7) is 3.81. The van der Waals surface area contributed by atoms with E-state index in [9.17, 15) is 4.79 Å². The summed E-state index contributed by atoms with van der Waals surface area (Å²) in [5, 5.41) is 7.34. The number of hydrogen-bond acceptors (Lipinski definition) is 6. The summed E-state index contributed by atoms with van der Waals surface area (Å²) in [5.74, 6) is 2.22. The smallest absolute Gasteiger partial charge is 0.341 e. The Kier molecular flexibility index (Phi) is 7.10. The number of benzene rings is 1. The average Bonchev–Trinajstić information content (AvgIpc) is 3.36. The summed E-state index contributed by atoms with van der Waals surface area (Å²) in [6.07, 6.45) is 0.947. The third-order valence-electron chi connectivity index (χ3n) is 5.04. The van der Waals surface area contributed by atoms with Gasteiger partial charge in [0.2, 0.25) is 0 Å². The highest BCUT2D eigenvalue weighted by molar-refractivity contribution is 6.30. The number of methoxy groups -OCH3 is 2. The van der Waals surface area contributed by atoms with Crippen LogP contribution in [0.25, 0.3) is 0 Å². The van der Waals surface area contributed by atoms with Crippen LogP contribution in [0.4, 0.5) is 5.69 Å². The van der Waals surface area contributed by atoms with Gasteiger partial charge in [-0.25, -0.2) is 4.79 Å². The molecule has 0 bridgehead atoms. The van der Waals surface area contributed by atoms with Crippen molar-refractivity contribution in [3.05, 3.63) is 46.4 Å². The molecule has 8 nitrogen and oxygen atoms in total. The molecule has 30 heavy (non-hydrogen) atoms. The van der Waals surface area contributed by atoms with Crippen LogP contribution in [0, 0.1) is 6.92 Å². The number of anilines is 1. The number of rotatable bonds is 6. The first kappa shape index (κ1) is 21.8. The molecular formula is C21H27ClN4O4. The van der Waals surface area contributed by atoms with Crippen molar-refractivity contribution in [2.24, 2.45) is 4.99 Å². The maximum absolute atomic E-state index is 11.7. The predicted molar refractivity (Wildman–Crippen MR) is 117 cm³/mol. The van der Waals surface area contributed by atoms with Crippen molar-refractivity contribution in [1.82, 2.24) is 10.6 Å². The lowest BCUT2D eigenvalue weighted by Crippen LogP contribution is -2.44. The van der Waals surface area contributed by atoms with Gasteiger partial charge in [-0.15, -0.1) is 0 Å². The zero-order valence-corrected chi connectivity index (χ0v) is 18.4. The Hall–Kier alpha value is -2.87. The number of carbonyl (C=O) groups is 1. The first-order chi connectivity index (χ1) is 14.4. The van der Waals surface area contributed by atoms with Crippen molar-refractivity contribution in [3.63, 3.8) is 0 Å². The van der Waals surface area contributed by atoms with E-state index in [2.05, 4.69) is 20.5 Å². The van der Waals surface area contributed by atoms with Crippen molar-refractivity contribution in [1.29, 1.82) is 0 Å². The number of guanidine groups is 1. The zero-order valence-electron chi connectivity index (χ0n) is 17.6. The molecule has 1 aliphatic heterocycles. The van der Waals surface area contributed by atoms with Crippen molar-refractivity contribution < 1.29 is 18.7 Å². The van der Waals surface area contributed by atoms with Crippen LogP contribution in [0.5, 0.6) is 5.75 Å². The minimum absolute atomic E-state index is 0.212. The number of ether oxygens (including phenoxy) is 2. The highest BCUT2D eigenvalue weighted by Crippen LogP contribution is 2.33. The van der Waals surface area contributed by atoms with Gasteiger partial charge in [0, 0.05) is 31.2 Å². The van der Waals surface area contributed by atoms with Gasteiger partial charge in [0.25, 0.3) is 0 Å². The van der Waals surface area contributed by atoms with Crippen molar-refractivity contribution in [3.8, 4) is 5.75 Å². The lowest BCUT2D eigenvalue weighted by Gasteiger charge is -2.22. The molecule has 1 aromatic heterocycles. The molecule has 0 saturated carbocycles. The van der Waals surface area contributed by atoms with Crippen molar-refractivity contribution in [2.45, 2.75) is 25.9 Å². The van der Waals surface area contributed by atoms with Crippen LogP contribution in [0.3, 0.4) is 0 Å². The number of aryl methyl sites for hydroxylation is 1. The molecule has 2 N–H and O–H groups in total. The van der Waals surface area contributed by atoms with Gasteiger partial charge in [0.1, 0.15) is 22.8 Å². The molecule has 162 valence electrons. The first-order valence-electron chi connectivity index (χ1n) is 9.68. The molecular weight excluding hydrogens is 408 g/mol. The van der Waals surface area contributed by atoms with E-state index in [4.69, 9.17) is 25.5 Å². The maximum Gasteiger partial charge on any atom is 0.341 e. The van der Waals surface area contributed by atoms with E-state index in [0.29, 0.717) is 34.6 Å². The van der Waals surface area contributed by atoms with Crippen molar-refractivity contribution >= 4 is 29.2 Å². The molecule has 9 heteroatoms. The molecule has 1 aromatic carbocycles. The molecule has 2 aromatic rings. The molecule has 0 aliphatic carbocycles. The van der Waals surface area contributed by atoms with E-state index in [-0.39, 0.29) is 6.04 Å². The lowest BCUT2D eigenvalue weighted by molar-refractivity contribution is 0.0599. The van der Waals surface area contributed by atoms with Gasteiger partial charge in [0.05, 0.1) is 26.5 Å². The van der Waals surface area contributed by atoms with E-state index >= 15 is 0 Å². The third-order valence-corrected chi connectivity index (χ3v) is 5.27. The van der Waals surface area contributed by atoms with Crippen molar-refractivity contribution in [2.75, 3.05) is 39.3 Å². The fraction of sp³-hybridized carbons (Fsp3) is 0.429. The molecule has 3 rings (SSSR count). The lowest BCUT2D eigenvalue weighted by atomic mass is 10.2. The minimum Gasteiger partial charge on any atom is -0.495 e. The van der Waals surface area contributed by atoms with Gasteiger partial charge >= 0.3 is 5.97 Å². The summed E-state index contributed by atoms with van der Waals surface area (Å²) in [7, 11) is 4.73. The summed E-state index contributed by atoms with van der Waals surface area (Å²) < 4.78 is 15.9. The van der Waals surface area contributed by atoms with Crippen LogP contribution in [0.2, 0.25) is 5.02 Å². The van der Waals surface area contributed by atoms with E-state index in [1.54, 1.807) is 27.1 Å². The first-order valence-corrected chi connectivity index (χ1v) is 10.1. The van der Waals surface area contributed by atoms with Gasteiger partial charge in [-0.3, -0.25) is 4.99 Å². The second kappa shape index (κ2) is 9.75. The van der Waals surface area contributed by atoms with E-state index in [1.165, 1.54) is 7.11 Å². The van der Waals surface area contributed by atoms with Crippen LogP contribution in [-0.2, 0) is 11.3 Å². The molecule has 0 spiro atoms. The molecule has 0 radical (unpaired) electrons. The Morgan fingerprint density at radius 1 is 1.37 bits per heavy atom. The van der Waals surface area contributed by atoms with Gasteiger partial charge in [-0.2, -0.15) is 0 Å². The van der Waals surface area contributed by atoms with Gasteiger partial charge in [0.15, 0.2) is 5.96 Å². The zero-order chi connectivity index (χ0) is 21.7. The number of halogens is 1. The van der Waals surface area contributed by atoms with E-state index in [0.717, 1.165) is 30.9 Å². The number of nitrogens with zero attached hydrogens (tertiary/aromatic N) is 2. The Labute approximate surface area is 181 Å². The summed E-state index contributed by atoms with van der Waals surface area (Å²) in [4.78, 5) is 18.3. The number of furan rings is 1. The topological polar surface area (TPSA) is 88.3 Å². The molecule has 1 fully saturated rings. The van der Waals surface area contributed by atoms with Crippen LogP contribution in [0.15, 0.2) is 33.7 Å². The second-order valence-electron chi connectivity index (χ2n) is 6.99. The average molecular weight is 435 g/mol. The molecule has 1 atom stereocenters. The molecule has 2 heterocycles. The molecule has 1 aliphatic rings. The Morgan fingerprint density at radius 3 is 2.87 bits per heavy atom.